The topological polar surface area (TPSA) is 3.24 Å². The maximum Gasteiger partial charge on any atom is 0.251 e. The van der Waals surface area contributed by atoms with E-state index in [-0.39, 0.29) is 6.54 Å². The number of halogens is 2. The molecular weight excluding hydrogens is 124 g/mol. The molecule has 1 saturated heterocycles. The molecule has 0 spiro atoms. The molecule has 54 valence electrons. The van der Waals surface area contributed by atoms with Gasteiger partial charge in [-0.25, -0.2) is 8.78 Å². The lowest BCUT2D eigenvalue weighted by atomic mass is 10.4. The average molecular weight is 135 g/mol. The molecule has 3 heteroatoms. The Labute approximate surface area is 53.6 Å². The first-order chi connectivity index (χ1) is 4.29. The van der Waals surface area contributed by atoms with E-state index in [2.05, 4.69) is 0 Å². The Balaban J connectivity index is 2.11. The van der Waals surface area contributed by atoms with Crippen molar-refractivity contribution in [3.63, 3.8) is 0 Å². The van der Waals surface area contributed by atoms with Gasteiger partial charge in [0.25, 0.3) is 6.43 Å². The van der Waals surface area contributed by atoms with Gasteiger partial charge in [0.2, 0.25) is 0 Å². The van der Waals surface area contributed by atoms with Crippen molar-refractivity contribution >= 4 is 0 Å². The summed E-state index contributed by atoms with van der Waals surface area (Å²) in [6.45, 7) is 1.70. The Kier molecular flexibility index (Phi) is 2.39. The summed E-state index contributed by atoms with van der Waals surface area (Å²) in [7, 11) is 0. The average Bonchev–Trinajstić information content (AvgIpc) is 2.15. The molecule has 1 fully saturated rings. The highest BCUT2D eigenvalue weighted by Crippen LogP contribution is 2.08. The standard InChI is InChI=1S/C6H11F2N/c7-6(8)5-9-3-1-2-4-9/h6H,1-5H2. The minimum atomic E-state index is -2.15. The largest absolute Gasteiger partial charge is 0.298 e. The summed E-state index contributed by atoms with van der Waals surface area (Å²) in [5, 5.41) is 0. The van der Waals surface area contributed by atoms with Gasteiger partial charge in [-0.05, 0) is 25.9 Å². The van der Waals surface area contributed by atoms with Crippen molar-refractivity contribution in [2.45, 2.75) is 19.3 Å². The van der Waals surface area contributed by atoms with Crippen molar-refractivity contribution in [3.05, 3.63) is 0 Å². The number of alkyl halides is 2. The van der Waals surface area contributed by atoms with Crippen LogP contribution in [0.1, 0.15) is 12.8 Å². The second-order valence-corrected chi connectivity index (χ2v) is 2.40. The molecule has 1 rings (SSSR count). The number of nitrogens with zero attached hydrogens (tertiary/aromatic N) is 1. The van der Waals surface area contributed by atoms with Crippen molar-refractivity contribution in [3.8, 4) is 0 Å². The molecule has 1 heterocycles. The van der Waals surface area contributed by atoms with E-state index >= 15 is 0 Å². The van der Waals surface area contributed by atoms with Gasteiger partial charge >= 0.3 is 0 Å². The van der Waals surface area contributed by atoms with Crippen molar-refractivity contribution in [2.24, 2.45) is 0 Å². The van der Waals surface area contributed by atoms with Crippen LogP contribution < -0.4 is 0 Å². The van der Waals surface area contributed by atoms with Gasteiger partial charge in [-0.2, -0.15) is 0 Å². The Morgan fingerprint density at radius 3 is 2.22 bits per heavy atom. The Bertz CT molecular complexity index is 79.1. The minimum absolute atomic E-state index is 0.0278. The second kappa shape index (κ2) is 3.11. The highest BCUT2D eigenvalue weighted by Gasteiger charge is 2.15. The molecule has 1 aliphatic heterocycles. The molecule has 0 atom stereocenters. The third kappa shape index (κ3) is 2.26. The monoisotopic (exact) mass is 135 g/mol. The minimum Gasteiger partial charge on any atom is -0.298 e. The van der Waals surface area contributed by atoms with Gasteiger partial charge in [0.1, 0.15) is 0 Å². The normalized spacial score (nSPS) is 21.7. The van der Waals surface area contributed by atoms with Crippen molar-refractivity contribution in [1.82, 2.24) is 4.90 Å². The molecule has 0 aliphatic carbocycles. The van der Waals surface area contributed by atoms with E-state index in [0.717, 1.165) is 25.9 Å². The molecule has 0 unspecified atom stereocenters. The van der Waals surface area contributed by atoms with Gasteiger partial charge in [-0.1, -0.05) is 0 Å². The zero-order valence-corrected chi connectivity index (χ0v) is 5.32. The van der Waals surface area contributed by atoms with Crippen LogP contribution in [0.5, 0.6) is 0 Å². The summed E-state index contributed by atoms with van der Waals surface area (Å²) in [6.07, 6.45) is 0.0301. The molecule has 1 nitrogen and oxygen atoms in total. The Morgan fingerprint density at radius 1 is 1.22 bits per heavy atom. The van der Waals surface area contributed by atoms with Crippen LogP contribution in [0.3, 0.4) is 0 Å². The van der Waals surface area contributed by atoms with Crippen LogP contribution in [-0.2, 0) is 0 Å². The van der Waals surface area contributed by atoms with Crippen LogP contribution in [0.25, 0.3) is 0 Å². The molecule has 0 N–H and O–H groups in total. The smallest absolute Gasteiger partial charge is 0.251 e. The van der Waals surface area contributed by atoms with Gasteiger partial charge < -0.3 is 0 Å². The lowest BCUT2D eigenvalue weighted by molar-refractivity contribution is 0.0997. The van der Waals surface area contributed by atoms with E-state index in [4.69, 9.17) is 0 Å². The predicted octanol–water partition coefficient (Wildman–Crippen LogP) is 1.35. The quantitative estimate of drug-likeness (QED) is 0.552. The van der Waals surface area contributed by atoms with Crippen molar-refractivity contribution in [2.75, 3.05) is 19.6 Å². The molecule has 0 amide bonds. The van der Waals surface area contributed by atoms with Gasteiger partial charge in [-0.3, -0.25) is 4.90 Å². The molecule has 0 aromatic rings. The molecular formula is C6H11F2N. The fourth-order valence-corrected chi connectivity index (χ4v) is 1.16. The lowest BCUT2D eigenvalue weighted by Gasteiger charge is -2.12. The van der Waals surface area contributed by atoms with E-state index in [0.29, 0.717) is 0 Å². The van der Waals surface area contributed by atoms with Gasteiger partial charge in [-0.15, -0.1) is 0 Å². The first-order valence-electron chi connectivity index (χ1n) is 3.29. The molecule has 9 heavy (non-hydrogen) atoms. The fraction of sp³-hybridized carbons (Fsp3) is 1.00. The van der Waals surface area contributed by atoms with Crippen LogP contribution in [0, 0.1) is 0 Å². The SMILES string of the molecule is FC(F)CN1CCCC1. The van der Waals surface area contributed by atoms with Gasteiger partial charge in [0, 0.05) is 0 Å². The first-order valence-corrected chi connectivity index (χ1v) is 3.29. The van der Waals surface area contributed by atoms with Crippen LogP contribution in [0.15, 0.2) is 0 Å². The summed E-state index contributed by atoms with van der Waals surface area (Å²) in [4.78, 5) is 1.81. The highest BCUT2D eigenvalue weighted by molar-refractivity contribution is 4.66. The van der Waals surface area contributed by atoms with E-state index in [1.807, 2.05) is 4.90 Å². The molecule has 1 aliphatic rings. The third-order valence-corrected chi connectivity index (χ3v) is 1.59. The molecule has 0 saturated carbocycles. The first kappa shape index (κ1) is 6.93. The number of hydrogen-bond acceptors (Lipinski definition) is 1. The van der Waals surface area contributed by atoms with Crippen LogP contribution in [0.2, 0.25) is 0 Å². The number of likely N-dealkylation sites (tertiary alicyclic amines) is 1. The van der Waals surface area contributed by atoms with Gasteiger partial charge in [0.15, 0.2) is 0 Å². The predicted molar refractivity (Wildman–Crippen MR) is 31.7 cm³/mol. The van der Waals surface area contributed by atoms with E-state index in [9.17, 15) is 8.78 Å². The number of hydrogen-bond donors (Lipinski definition) is 0. The van der Waals surface area contributed by atoms with E-state index in [1.54, 1.807) is 0 Å². The zero-order valence-electron chi connectivity index (χ0n) is 5.32. The summed E-state index contributed by atoms with van der Waals surface area (Å²) in [5.41, 5.74) is 0. The van der Waals surface area contributed by atoms with Crippen LogP contribution >= 0.6 is 0 Å². The fourth-order valence-electron chi connectivity index (χ4n) is 1.16. The molecule has 0 aromatic carbocycles. The van der Waals surface area contributed by atoms with Crippen LogP contribution in [-0.4, -0.2) is 31.0 Å². The van der Waals surface area contributed by atoms with E-state index in [1.165, 1.54) is 0 Å². The van der Waals surface area contributed by atoms with Crippen molar-refractivity contribution < 1.29 is 8.78 Å². The summed E-state index contributed by atoms with van der Waals surface area (Å²) in [6, 6.07) is 0. The Morgan fingerprint density at radius 2 is 1.78 bits per heavy atom. The summed E-state index contributed by atoms with van der Waals surface area (Å²) >= 11 is 0. The van der Waals surface area contributed by atoms with E-state index < -0.39 is 6.43 Å². The highest BCUT2D eigenvalue weighted by atomic mass is 19.3. The maximum absolute atomic E-state index is 11.6. The third-order valence-electron chi connectivity index (χ3n) is 1.59. The number of rotatable bonds is 2. The lowest BCUT2D eigenvalue weighted by Crippen LogP contribution is -2.25. The molecule has 0 bridgehead atoms. The summed E-state index contributed by atoms with van der Waals surface area (Å²) < 4.78 is 23.3. The van der Waals surface area contributed by atoms with Crippen molar-refractivity contribution in [1.29, 1.82) is 0 Å². The maximum atomic E-state index is 11.6. The summed E-state index contributed by atoms with van der Waals surface area (Å²) in [5.74, 6) is 0. The zero-order chi connectivity index (χ0) is 6.69. The Hall–Kier alpha value is -0.180. The molecule has 0 aromatic heterocycles. The molecule has 0 radical (unpaired) electrons. The van der Waals surface area contributed by atoms with Gasteiger partial charge in [0.05, 0.1) is 6.54 Å². The second-order valence-electron chi connectivity index (χ2n) is 2.40. The van der Waals surface area contributed by atoms with Crippen LogP contribution in [0.4, 0.5) is 8.78 Å².